The third-order valence-corrected chi connectivity index (χ3v) is 6.43. The number of aliphatic imine (C=N–C) groups is 1. The summed E-state index contributed by atoms with van der Waals surface area (Å²) >= 11 is 1.69. The molecule has 7 heteroatoms. The van der Waals surface area contributed by atoms with E-state index in [0.29, 0.717) is 11.0 Å². The maximum atomic E-state index is 12.0. The Bertz CT molecular complexity index is 1120. The second-order valence-electron chi connectivity index (χ2n) is 7.52. The van der Waals surface area contributed by atoms with Crippen LogP contribution in [0.15, 0.2) is 40.7 Å². The van der Waals surface area contributed by atoms with Gasteiger partial charge >= 0.3 is 0 Å². The van der Waals surface area contributed by atoms with Crippen LogP contribution in [0.25, 0.3) is 10.2 Å². The number of quaternary nitrogens is 1. The molecule has 0 bridgehead atoms. The van der Waals surface area contributed by atoms with Crippen molar-refractivity contribution in [2.45, 2.75) is 19.4 Å². The van der Waals surface area contributed by atoms with E-state index in [1.165, 1.54) is 0 Å². The molecule has 1 unspecified atom stereocenters. The fourth-order valence-electron chi connectivity index (χ4n) is 3.75. The predicted molar refractivity (Wildman–Crippen MR) is 116 cm³/mol. The Hall–Kier alpha value is -2.77. The molecule has 0 spiro atoms. The van der Waals surface area contributed by atoms with Gasteiger partial charge in [-0.25, -0.2) is 9.47 Å². The van der Waals surface area contributed by atoms with Crippen molar-refractivity contribution in [1.29, 1.82) is 0 Å². The van der Waals surface area contributed by atoms with Crippen LogP contribution in [-0.2, 0) is 11.3 Å². The Balaban J connectivity index is 1.54. The smallest absolute Gasteiger partial charge is 0.223 e. The van der Waals surface area contributed by atoms with Crippen molar-refractivity contribution < 1.29 is 4.79 Å². The van der Waals surface area contributed by atoms with Crippen molar-refractivity contribution >= 4 is 56.7 Å². The highest BCUT2D eigenvalue weighted by Gasteiger charge is 2.39. The zero-order valence-corrected chi connectivity index (χ0v) is 16.7. The van der Waals surface area contributed by atoms with E-state index < -0.39 is 0 Å². The Morgan fingerprint density at radius 1 is 1.32 bits per heavy atom. The largest absolute Gasteiger partial charge is 0.371 e. The first-order valence-electron chi connectivity index (χ1n) is 9.48. The second kappa shape index (κ2) is 6.39. The van der Waals surface area contributed by atoms with E-state index in [4.69, 9.17) is 9.98 Å². The number of pyridine rings is 1. The molecule has 3 aromatic rings. The van der Waals surface area contributed by atoms with Crippen LogP contribution in [0.4, 0.5) is 22.9 Å². The molecule has 1 saturated carbocycles. The molecule has 0 saturated heterocycles. The van der Waals surface area contributed by atoms with Gasteiger partial charge in [-0.1, -0.05) is 12.1 Å². The summed E-state index contributed by atoms with van der Waals surface area (Å²) in [5.74, 6) is 1.20. The van der Waals surface area contributed by atoms with Gasteiger partial charge in [0.05, 0.1) is 12.6 Å². The maximum absolute atomic E-state index is 12.0. The first-order valence-corrected chi connectivity index (χ1v) is 10.4. The molecule has 2 N–H and O–H groups in total. The van der Waals surface area contributed by atoms with Gasteiger partial charge in [-0.2, -0.15) is 4.99 Å². The van der Waals surface area contributed by atoms with Crippen LogP contribution < -0.4 is 15.1 Å². The van der Waals surface area contributed by atoms with Crippen LogP contribution in [0.5, 0.6) is 0 Å². The van der Waals surface area contributed by atoms with Gasteiger partial charge in [0.15, 0.2) is 17.2 Å². The SMILES string of the molecule is CNc1nc2ccsc2c2c1N=C[N+]2(C)c1cccc(CNC(=O)C2CC2)c1. The van der Waals surface area contributed by atoms with Gasteiger partial charge in [-0.3, -0.25) is 4.79 Å². The average molecular weight is 393 g/mol. The van der Waals surface area contributed by atoms with E-state index in [9.17, 15) is 4.79 Å². The van der Waals surface area contributed by atoms with Crippen LogP contribution in [0, 0.1) is 5.92 Å². The molecular weight excluding hydrogens is 370 g/mol. The summed E-state index contributed by atoms with van der Waals surface area (Å²) in [7, 11) is 4.03. The van der Waals surface area contributed by atoms with Crippen molar-refractivity contribution in [2.24, 2.45) is 10.9 Å². The minimum absolute atomic E-state index is 0.170. The average Bonchev–Trinajstić information content (AvgIpc) is 3.36. The number of carbonyl (C=O) groups is 1. The topological polar surface area (TPSA) is 66.4 Å². The number of hydrogen-bond donors (Lipinski definition) is 2. The number of hydrogen-bond acceptors (Lipinski definition) is 5. The van der Waals surface area contributed by atoms with Crippen LogP contribution in [-0.4, -0.2) is 31.3 Å². The summed E-state index contributed by atoms with van der Waals surface area (Å²) in [6.45, 7) is 0.555. The summed E-state index contributed by atoms with van der Waals surface area (Å²) in [4.78, 5) is 21.4. The quantitative estimate of drug-likeness (QED) is 0.636. The molecule has 1 aliphatic heterocycles. The van der Waals surface area contributed by atoms with Crippen LogP contribution in [0.3, 0.4) is 0 Å². The molecule has 1 aromatic carbocycles. The Labute approximate surface area is 167 Å². The lowest BCUT2D eigenvalue weighted by molar-refractivity contribution is -0.122. The summed E-state index contributed by atoms with van der Waals surface area (Å²) in [6.07, 6.45) is 4.01. The minimum Gasteiger partial charge on any atom is -0.371 e. The Kier molecular flexibility index (Phi) is 3.96. The van der Waals surface area contributed by atoms with Gasteiger partial charge in [0.1, 0.15) is 10.4 Å². The molecule has 6 nitrogen and oxygen atoms in total. The first-order chi connectivity index (χ1) is 13.6. The number of amides is 1. The van der Waals surface area contributed by atoms with Crippen molar-refractivity contribution in [3.8, 4) is 0 Å². The minimum atomic E-state index is 0.170. The van der Waals surface area contributed by atoms with Gasteiger partial charge in [0.25, 0.3) is 0 Å². The van der Waals surface area contributed by atoms with Gasteiger partial charge in [0.2, 0.25) is 12.2 Å². The number of thiophene rings is 1. The standard InChI is InChI=1S/C21H21N5OS/c1-22-20-17-18(19-16(25-20)8-9-28-19)26(2,12-24-17)15-5-3-4-13(10-15)11-23-21(27)14-6-7-14/h3-5,8-10,12,14H,6-7,11H2,1-2H3,(H-,22,23,25,27)/p+1. The van der Waals surface area contributed by atoms with E-state index in [2.05, 4.69) is 47.3 Å². The molecule has 1 fully saturated rings. The van der Waals surface area contributed by atoms with E-state index >= 15 is 0 Å². The second-order valence-corrected chi connectivity index (χ2v) is 8.44. The van der Waals surface area contributed by atoms with Crippen LogP contribution in [0.1, 0.15) is 18.4 Å². The summed E-state index contributed by atoms with van der Waals surface area (Å²) in [5.41, 5.74) is 5.23. The molecular formula is C21H22N5OS+. The summed E-state index contributed by atoms with van der Waals surface area (Å²) in [6, 6.07) is 10.4. The number of aromatic nitrogens is 1. The number of carbonyl (C=O) groups excluding carboxylic acids is 1. The lowest BCUT2D eigenvalue weighted by Crippen LogP contribution is -2.36. The van der Waals surface area contributed by atoms with E-state index in [1.807, 2.05) is 19.5 Å². The molecule has 28 heavy (non-hydrogen) atoms. The molecule has 3 heterocycles. The van der Waals surface area contributed by atoms with Crippen molar-refractivity contribution in [3.63, 3.8) is 0 Å². The molecule has 1 amide bonds. The Morgan fingerprint density at radius 3 is 2.96 bits per heavy atom. The molecule has 2 aromatic heterocycles. The van der Waals surface area contributed by atoms with E-state index in [1.54, 1.807) is 11.3 Å². The van der Waals surface area contributed by atoms with Gasteiger partial charge in [-0.05, 0) is 29.9 Å². The van der Waals surface area contributed by atoms with Crippen LogP contribution in [0.2, 0.25) is 0 Å². The highest BCUT2D eigenvalue weighted by molar-refractivity contribution is 7.17. The number of rotatable bonds is 5. The van der Waals surface area contributed by atoms with Crippen molar-refractivity contribution in [1.82, 2.24) is 14.8 Å². The van der Waals surface area contributed by atoms with Gasteiger partial charge in [-0.15, -0.1) is 11.3 Å². The normalized spacial score (nSPS) is 20.4. The van der Waals surface area contributed by atoms with Crippen molar-refractivity contribution in [3.05, 3.63) is 41.3 Å². The molecule has 142 valence electrons. The highest BCUT2D eigenvalue weighted by Crippen LogP contribution is 2.51. The monoisotopic (exact) mass is 392 g/mol. The predicted octanol–water partition coefficient (Wildman–Crippen LogP) is 4.31. The zero-order chi connectivity index (χ0) is 19.3. The maximum Gasteiger partial charge on any atom is 0.223 e. The first kappa shape index (κ1) is 17.3. The molecule has 0 radical (unpaired) electrons. The highest BCUT2D eigenvalue weighted by atomic mass is 32.1. The number of fused-ring (bicyclic) bond motifs is 3. The summed E-state index contributed by atoms with van der Waals surface area (Å²) in [5, 5.41) is 8.31. The lowest BCUT2D eigenvalue weighted by Gasteiger charge is -2.26. The fourth-order valence-corrected chi connectivity index (χ4v) is 4.71. The van der Waals surface area contributed by atoms with Crippen molar-refractivity contribution in [2.75, 3.05) is 19.4 Å². The molecule has 2 aliphatic rings. The molecule has 1 aliphatic carbocycles. The van der Waals surface area contributed by atoms with Crippen LogP contribution >= 0.6 is 11.3 Å². The van der Waals surface area contributed by atoms with Gasteiger partial charge < -0.3 is 10.6 Å². The number of nitrogens with zero attached hydrogens (tertiary/aromatic N) is 3. The van der Waals surface area contributed by atoms with E-state index in [-0.39, 0.29) is 11.8 Å². The lowest BCUT2D eigenvalue weighted by atomic mass is 10.1. The number of nitrogens with one attached hydrogen (secondary N) is 2. The molecule has 5 rings (SSSR count). The number of benzene rings is 1. The van der Waals surface area contributed by atoms with Gasteiger partial charge in [0, 0.05) is 31.6 Å². The fraction of sp³-hybridized carbons (Fsp3) is 0.286. The number of anilines is 1. The van der Waals surface area contributed by atoms with E-state index in [0.717, 1.165) is 51.5 Å². The third-order valence-electron chi connectivity index (χ3n) is 5.52. The Morgan fingerprint density at radius 2 is 2.18 bits per heavy atom. The summed E-state index contributed by atoms with van der Waals surface area (Å²) < 4.78 is 1.63. The molecule has 1 atom stereocenters. The third kappa shape index (κ3) is 2.70. The zero-order valence-electron chi connectivity index (χ0n) is 15.9.